The van der Waals surface area contributed by atoms with Gasteiger partial charge >= 0.3 is 0 Å². The van der Waals surface area contributed by atoms with Crippen molar-refractivity contribution in [1.29, 1.82) is 0 Å². The predicted octanol–water partition coefficient (Wildman–Crippen LogP) is 4.15. The second kappa shape index (κ2) is 5.21. The lowest BCUT2D eigenvalue weighted by Gasteiger charge is -2.01. The highest BCUT2D eigenvalue weighted by atomic mass is 35.5. The van der Waals surface area contributed by atoms with Gasteiger partial charge in [0.2, 0.25) is 0 Å². The molecule has 7 heteroatoms. The Kier molecular flexibility index (Phi) is 3.42. The van der Waals surface area contributed by atoms with Gasteiger partial charge in [-0.25, -0.2) is 4.98 Å². The van der Waals surface area contributed by atoms with Gasteiger partial charge in [-0.1, -0.05) is 35.3 Å². The number of para-hydroxylation sites is 1. The molecule has 0 aliphatic rings. The Morgan fingerprint density at radius 1 is 1.32 bits per heavy atom. The number of halogens is 2. The number of imidazole rings is 1. The van der Waals surface area contributed by atoms with Crippen molar-refractivity contribution in [2.45, 2.75) is 0 Å². The number of fused-ring (bicyclic) bond motifs is 1. The molecule has 0 spiro atoms. The maximum Gasteiger partial charge on any atom is 0.195 e. The van der Waals surface area contributed by atoms with Gasteiger partial charge in [0, 0.05) is 11.6 Å². The summed E-state index contributed by atoms with van der Waals surface area (Å²) >= 11 is 13.6. The number of benzene rings is 1. The van der Waals surface area contributed by atoms with Crippen molar-refractivity contribution in [2.75, 3.05) is 5.43 Å². The molecule has 19 heavy (non-hydrogen) atoms. The number of thiazole rings is 1. The van der Waals surface area contributed by atoms with Crippen molar-refractivity contribution in [2.24, 2.45) is 5.10 Å². The summed E-state index contributed by atoms with van der Waals surface area (Å²) in [7, 11) is 0. The highest BCUT2D eigenvalue weighted by molar-refractivity contribution is 7.15. The molecule has 2 heterocycles. The van der Waals surface area contributed by atoms with E-state index in [1.54, 1.807) is 12.3 Å². The minimum Gasteiger partial charge on any atom is -0.288 e. The zero-order chi connectivity index (χ0) is 13.2. The Morgan fingerprint density at radius 2 is 2.16 bits per heavy atom. The van der Waals surface area contributed by atoms with Crippen LogP contribution >= 0.6 is 34.5 Å². The maximum atomic E-state index is 6.05. The van der Waals surface area contributed by atoms with Crippen molar-refractivity contribution >= 4 is 51.4 Å². The van der Waals surface area contributed by atoms with Crippen LogP contribution in [0.5, 0.6) is 0 Å². The summed E-state index contributed by atoms with van der Waals surface area (Å²) in [6, 6.07) is 7.38. The zero-order valence-electron chi connectivity index (χ0n) is 9.55. The third-order valence-corrected chi connectivity index (χ3v) is 3.86. The van der Waals surface area contributed by atoms with E-state index in [1.807, 2.05) is 34.2 Å². The second-order valence-corrected chi connectivity index (χ2v) is 5.33. The summed E-state index contributed by atoms with van der Waals surface area (Å²) in [5, 5.41) is 7.12. The highest BCUT2D eigenvalue weighted by Crippen LogP contribution is 2.21. The van der Waals surface area contributed by atoms with Crippen molar-refractivity contribution < 1.29 is 0 Å². The molecule has 3 rings (SSSR count). The van der Waals surface area contributed by atoms with Crippen LogP contribution in [0.25, 0.3) is 4.96 Å². The molecule has 1 aromatic carbocycles. The Hall–Kier alpha value is -1.56. The molecule has 0 saturated carbocycles. The van der Waals surface area contributed by atoms with Crippen LogP contribution in [-0.4, -0.2) is 15.6 Å². The first-order valence-electron chi connectivity index (χ1n) is 5.40. The van der Waals surface area contributed by atoms with Crippen LogP contribution in [-0.2, 0) is 0 Å². The quantitative estimate of drug-likeness (QED) is 0.583. The molecule has 0 bridgehead atoms. The first kappa shape index (κ1) is 12.5. The predicted molar refractivity (Wildman–Crippen MR) is 80.7 cm³/mol. The van der Waals surface area contributed by atoms with Crippen molar-refractivity contribution in [3.8, 4) is 0 Å². The Labute approximate surface area is 123 Å². The second-order valence-electron chi connectivity index (χ2n) is 3.69. The number of hydrogen-bond donors (Lipinski definition) is 1. The summed E-state index contributed by atoms with van der Waals surface area (Å²) in [4.78, 5) is 5.06. The Morgan fingerprint density at radius 3 is 3.00 bits per heavy atom. The van der Waals surface area contributed by atoms with Gasteiger partial charge < -0.3 is 0 Å². The van der Waals surface area contributed by atoms with E-state index in [0.717, 1.165) is 16.3 Å². The van der Waals surface area contributed by atoms with E-state index >= 15 is 0 Å². The van der Waals surface area contributed by atoms with Gasteiger partial charge in [0.05, 0.1) is 16.9 Å². The van der Waals surface area contributed by atoms with E-state index < -0.39 is 0 Å². The lowest BCUT2D eigenvalue weighted by molar-refractivity contribution is 1.21. The summed E-state index contributed by atoms with van der Waals surface area (Å²) in [6.07, 6.45) is 3.52. The minimum absolute atomic E-state index is 0.427. The van der Waals surface area contributed by atoms with E-state index in [-0.39, 0.29) is 0 Å². The van der Waals surface area contributed by atoms with Crippen LogP contribution in [0.15, 0.2) is 40.9 Å². The average Bonchev–Trinajstić information content (AvgIpc) is 2.94. The first-order valence-corrected chi connectivity index (χ1v) is 7.04. The van der Waals surface area contributed by atoms with E-state index in [1.165, 1.54) is 11.3 Å². The van der Waals surface area contributed by atoms with Crippen LogP contribution in [0.1, 0.15) is 5.69 Å². The van der Waals surface area contributed by atoms with E-state index in [2.05, 4.69) is 15.5 Å². The van der Waals surface area contributed by atoms with Gasteiger partial charge in [-0.05, 0) is 12.1 Å². The average molecular weight is 311 g/mol. The molecule has 0 atom stereocenters. The normalized spacial score (nSPS) is 11.5. The molecule has 0 radical (unpaired) electrons. The molecule has 3 aromatic rings. The van der Waals surface area contributed by atoms with Crippen molar-refractivity contribution in [1.82, 2.24) is 9.38 Å². The van der Waals surface area contributed by atoms with Crippen LogP contribution in [0.4, 0.5) is 5.69 Å². The van der Waals surface area contributed by atoms with Crippen LogP contribution in [0, 0.1) is 0 Å². The SMILES string of the molecule is Clc1ccccc1N/N=C\c1c(Cl)nc2sccn12. The van der Waals surface area contributed by atoms with Crippen LogP contribution in [0.2, 0.25) is 10.2 Å². The lowest BCUT2D eigenvalue weighted by atomic mass is 10.3. The molecule has 0 aliphatic heterocycles. The molecule has 4 nitrogen and oxygen atoms in total. The molecule has 2 aromatic heterocycles. The zero-order valence-corrected chi connectivity index (χ0v) is 11.9. The summed E-state index contributed by atoms with van der Waals surface area (Å²) in [5.41, 5.74) is 4.35. The fourth-order valence-corrected chi connectivity index (χ4v) is 2.78. The van der Waals surface area contributed by atoms with E-state index in [0.29, 0.717) is 10.2 Å². The number of hydrazone groups is 1. The monoisotopic (exact) mass is 310 g/mol. The van der Waals surface area contributed by atoms with Crippen molar-refractivity contribution in [3.05, 3.63) is 51.7 Å². The maximum absolute atomic E-state index is 6.05. The molecule has 0 fully saturated rings. The molecule has 96 valence electrons. The lowest BCUT2D eigenvalue weighted by Crippen LogP contribution is -1.94. The minimum atomic E-state index is 0.427. The molecule has 1 N–H and O–H groups in total. The Bertz CT molecular complexity index is 747. The largest absolute Gasteiger partial charge is 0.288 e. The third kappa shape index (κ3) is 2.45. The summed E-state index contributed by atoms with van der Waals surface area (Å²) < 4.78 is 1.88. The van der Waals surface area contributed by atoms with Crippen LogP contribution in [0.3, 0.4) is 0 Å². The van der Waals surface area contributed by atoms with Gasteiger partial charge in [-0.2, -0.15) is 5.10 Å². The summed E-state index contributed by atoms with van der Waals surface area (Å²) in [6.45, 7) is 0. The third-order valence-electron chi connectivity index (χ3n) is 2.50. The number of hydrogen-bond acceptors (Lipinski definition) is 4. The van der Waals surface area contributed by atoms with Gasteiger partial charge in [-0.3, -0.25) is 9.83 Å². The smallest absolute Gasteiger partial charge is 0.195 e. The van der Waals surface area contributed by atoms with Gasteiger partial charge in [-0.15, -0.1) is 11.3 Å². The number of rotatable bonds is 3. The molecule has 0 amide bonds. The molecular formula is C12H8Cl2N4S. The molecular weight excluding hydrogens is 303 g/mol. The van der Waals surface area contributed by atoms with Crippen LogP contribution < -0.4 is 5.43 Å². The fourth-order valence-electron chi connectivity index (χ4n) is 1.61. The fraction of sp³-hybridized carbons (Fsp3) is 0. The topological polar surface area (TPSA) is 41.7 Å². The van der Waals surface area contributed by atoms with E-state index in [9.17, 15) is 0 Å². The number of nitrogens with one attached hydrogen (secondary N) is 1. The molecule has 0 aliphatic carbocycles. The van der Waals surface area contributed by atoms with Gasteiger partial charge in [0.15, 0.2) is 10.1 Å². The molecule has 0 unspecified atom stereocenters. The Balaban J connectivity index is 1.85. The van der Waals surface area contributed by atoms with E-state index in [4.69, 9.17) is 23.2 Å². The summed E-state index contributed by atoms with van der Waals surface area (Å²) in [5.74, 6) is 0. The molecule has 0 saturated heterocycles. The van der Waals surface area contributed by atoms with Crippen molar-refractivity contribution in [3.63, 3.8) is 0 Å². The standard InChI is InChI=1S/C12H8Cl2N4S/c13-8-3-1-2-4-9(8)17-15-7-10-11(14)16-12-18(10)5-6-19-12/h1-7,17H/b15-7-. The highest BCUT2D eigenvalue weighted by Gasteiger charge is 2.08. The number of aromatic nitrogens is 2. The number of anilines is 1. The first-order chi connectivity index (χ1) is 9.25. The van der Waals surface area contributed by atoms with Gasteiger partial charge in [0.25, 0.3) is 0 Å². The number of nitrogens with zero attached hydrogens (tertiary/aromatic N) is 3. The van der Waals surface area contributed by atoms with Gasteiger partial charge in [0.1, 0.15) is 5.69 Å².